The lowest BCUT2D eigenvalue weighted by atomic mass is 9.87. The molecule has 116 valence electrons. The van der Waals surface area contributed by atoms with Gasteiger partial charge in [-0.2, -0.15) is 0 Å². The lowest BCUT2D eigenvalue weighted by Gasteiger charge is -2.41. The maximum Gasteiger partial charge on any atom is 0.119 e. The molecule has 0 radical (unpaired) electrons. The molecule has 1 heterocycles. The van der Waals surface area contributed by atoms with Gasteiger partial charge in [0.2, 0.25) is 0 Å². The molecular weight excluding hydrogens is 264 g/mol. The number of ether oxygens (including phenoxy) is 2. The van der Waals surface area contributed by atoms with Crippen molar-refractivity contribution in [3.63, 3.8) is 0 Å². The SMILES string of the molecule is COc1ccc2c(c1)CC(N1CCOC(C(C)N)C1)CC2. The van der Waals surface area contributed by atoms with Gasteiger partial charge >= 0.3 is 0 Å². The zero-order chi connectivity index (χ0) is 14.8. The van der Waals surface area contributed by atoms with Gasteiger partial charge in [-0.15, -0.1) is 0 Å². The second kappa shape index (κ2) is 6.34. The van der Waals surface area contributed by atoms with Crippen LogP contribution in [0, 0.1) is 0 Å². The van der Waals surface area contributed by atoms with Crippen molar-refractivity contribution < 1.29 is 9.47 Å². The van der Waals surface area contributed by atoms with Gasteiger partial charge in [0.15, 0.2) is 0 Å². The molecule has 1 fully saturated rings. The monoisotopic (exact) mass is 290 g/mol. The summed E-state index contributed by atoms with van der Waals surface area (Å²) in [5.41, 5.74) is 8.92. The van der Waals surface area contributed by atoms with Crippen molar-refractivity contribution in [1.29, 1.82) is 0 Å². The van der Waals surface area contributed by atoms with Gasteiger partial charge in [-0.3, -0.25) is 4.90 Å². The van der Waals surface area contributed by atoms with E-state index in [2.05, 4.69) is 23.1 Å². The van der Waals surface area contributed by atoms with Crippen molar-refractivity contribution in [2.45, 2.75) is 44.4 Å². The minimum Gasteiger partial charge on any atom is -0.497 e. The molecule has 1 aromatic rings. The Morgan fingerprint density at radius 3 is 3.00 bits per heavy atom. The maximum absolute atomic E-state index is 6.01. The fourth-order valence-corrected chi connectivity index (χ4v) is 3.50. The molecule has 1 aromatic carbocycles. The molecule has 0 aromatic heterocycles. The predicted molar refractivity (Wildman–Crippen MR) is 83.8 cm³/mol. The zero-order valence-corrected chi connectivity index (χ0v) is 13.0. The van der Waals surface area contributed by atoms with Gasteiger partial charge in [0.1, 0.15) is 5.75 Å². The highest BCUT2D eigenvalue weighted by Gasteiger charge is 2.30. The Balaban J connectivity index is 1.70. The molecule has 3 atom stereocenters. The Kier molecular flexibility index (Phi) is 4.48. The topological polar surface area (TPSA) is 47.7 Å². The molecule has 2 aliphatic rings. The summed E-state index contributed by atoms with van der Waals surface area (Å²) in [4.78, 5) is 2.57. The molecule has 3 rings (SSSR count). The number of nitrogens with two attached hydrogens (primary N) is 1. The summed E-state index contributed by atoms with van der Waals surface area (Å²) in [7, 11) is 1.73. The summed E-state index contributed by atoms with van der Waals surface area (Å²) < 4.78 is 11.1. The van der Waals surface area contributed by atoms with Crippen LogP contribution >= 0.6 is 0 Å². The molecular formula is C17H26N2O2. The molecule has 1 aliphatic heterocycles. The summed E-state index contributed by atoms with van der Waals surface area (Å²) in [6.45, 7) is 4.82. The number of nitrogens with zero attached hydrogens (tertiary/aromatic N) is 1. The first-order valence-electron chi connectivity index (χ1n) is 7.94. The molecule has 1 saturated heterocycles. The summed E-state index contributed by atoms with van der Waals surface area (Å²) in [6.07, 6.45) is 3.67. The molecule has 4 nitrogen and oxygen atoms in total. The Hall–Kier alpha value is -1.10. The summed E-state index contributed by atoms with van der Waals surface area (Å²) in [5, 5.41) is 0. The molecule has 1 aliphatic carbocycles. The maximum atomic E-state index is 6.01. The molecule has 3 unspecified atom stereocenters. The summed E-state index contributed by atoms with van der Waals surface area (Å²) in [5.74, 6) is 0.963. The highest BCUT2D eigenvalue weighted by molar-refractivity contribution is 5.37. The van der Waals surface area contributed by atoms with Crippen molar-refractivity contribution >= 4 is 0 Å². The molecule has 0 amide bonds. The van der Waals surface area contributed by atoms with Gasteiger partial charge in [-0.25, -0.2) is 0 Å². The number of fused-ring (bicyclic) bond motifs is 1. The van der Waals surface area contributed by atoms with E-state index in [0.29, 0.717) is 6.04 Å². The van der Waals surface area contributed by atoms with E-state index < -0.39 is 0 Å². The number of rotatable bonds is 3. The van der Waals surface area contributed by atoms with Gasteiger partial charge in [0, 0.05) is 25.2 Å². The predicted octanol–water partition coefficient (Wildman–Crippen LogP) is 1.60. The van der Waals surface area contributed by atoms with Crippen molar-refractivity contribution in [2.75, 3.05) is 26.8 Å². The lowest BCUT2D eigenvalue weighted by Crippen LogP contribution is -2.53. The van der Waals surface area contributed by atoms with Crippen LogP contribution < -0.4 is 10.5 Å². The molecule has 0 saturated carbocycles. The quantitative estimate of drug-likeness (QED) is 0.918. The fourth-order valence-electron chi connectivity index (χ4n) is 3.50. The third-order valence-corrected chi connectivity index (χ3v) is 4.84. The van der Waals surface area contributed by atoms with Gasteiger partial charge < -0.3 is 15.2 Å². The Labute approximate surface area is 127 Å². The van der Waals surface area contributed by atoms with Crippen LogP contribution in [0.4, 0.5) is 0 Å². The second-order valence-corrected chi connectivity index (χ2v) is 6.29. The number of morpholine rings is 1. The van der Waals surface area contributed by atoms with Crippen LogP contribution in [0.25, 0.3) is 0 Å². The largest absolute Gasteiger partial charge is 0.497 e. The minimum atomic E-state index is 0.101. The van der Waals surface area contributed by atoms with Crippen LogP contribution in [0.15, 0.2) is 18.2 Å². The van der Waals surface area contributed by atoms with Crippen LogP contribution in [0.3, 0.4) is 0 Å². The third kappa shape index (κ3) is 3.23. The highest BCUT2D eigenvalue weighted by Crippen LogP contribution is 2.28. The average molecular weight is 290 g/mol. The van der Waals surface area contributed by atoms with E-state index >= 15 is 0 Å². The minimum absolute atomic E-state index is 0.101. The Morgan fingerprint density at radius 1 is 1.38 bits per heavy atom. The first kappa shape index (κ1) is 14.8. The van der Waals surface area contributed by atoms with E-state index in [1.807, 2.05) is 6.92 Å². The van der Waals surface area contributed by atoms with Crippen molar-refractivity contribution in [2.24, 2.45) is 5.73 Å². The first-order chi connectivity index (χ1) is 10.2. The zero-order valence-electron chi connectivity index (χ0n) is 13.0. The standard InChI is InChI=1S/C17H26N2O2/c1-12(18)17-11-19(7-8-21-17)15-5-3-13-4-6-16(20-2)10-14(13)9-15/h4,6,10,12,15,17H,3,5,7-9,11,18H2,1-2H3. The molecule has 4 heteroatoms. The smallest absolute Gasteiger partial charge is 0.119 e. The number of benzene rings is 1. The average Bonchev–Trinajstić information content (AvgIpc) is 2.53. The van der Waals surface area contributed by atoms with E-state index in [0.717, 1.165) is 38.3 Å². The molecule has 0 bridgehead atoms. The van der Waals surface area contributed by atoms with Gasteiger partial charge in [0.25, 0.3) is 0 Å². The fraction of sp³-hybridized carbons (Fsp3) is 0.647. The highest BCUT2D eigenvalue weighted by atomic mass is 16.5. The number of hydrogen-bond acceptors (Lipinski definition) is 4. The van der Waals surface area contributed by atoms with Crippen molar-refractivity contribution in [1.82, 2.24) is 4.90 Å². The second-order valence-electron chi connectivity index (χ2n) is 6.29. The normalized spacial score (nSPS) is 28.0. The van der Waals surface area contributed by atoms with Crippen molar-refractivity contribution in [3.8, 4) is 5.75 Å². The van der Waals surface area contributed by atoms with Crippen LogP contribution in [0.2, 0.25) is 0 Å². The number of hydrogen-bond donors (Lipinski definition) is 1. The molecule has 2 N–H and O–H groups in total. The van der Waals surface area contributed by atoms with E-state index in [-0.39, 0.29) is 12.1 Å². The van der Waals surface area contributed by atoms with Gasteiger partial charge in [-0.1, -0.05) is 6.07 Å². The van der Waals surface area contributed by atoms with E-state index in [4.69, 9.17) is 15.2 Å². The Bertz CT molecular complexity index is 490. The Morgan fingerprint density at radius 2 is 2.24 bits per heavy atom. The van der Waals surface area contributed by atoms with E-state index in [1.54, 1.807) is 7.11 Å². The summed E-state index contributed by atoms with van der Waals surface area (Å²) >= 11 is 0. The van der Waals surface area contributed by atoms with Crippen LogP contribution in [-0.2, 0) is 17.6 Å². The van der Waals surface area contributed by atoms with Crippen LogP contribution in [0.5, 0.6) is 5.75 Å². The van der Waals surface area contributed by atoms with Crippen molar-refractivity contribution in [3.05, 3.63) is 29.3 Å². The van der Waals surface area contributed by atoms with Crippen LogP contribution in [-0.4, -0.2) is 49.9 Å². The lowest BCUT2D eigenvalue weighted by molar-refractivity contribution is -0.0531. The summed E-state index contributed by atoms with van der Waals surface area (Å²) in [6, 6.07) is 7.19. The van der Waals surface area contributed by atoms with E-state index in [9.17, 15) is 0 Å². The number of methoxy groups -OCH3 is 1. The van der Waals surface area contributed by atoms with Crippen LogP contribution in [0.1, 0.15) is 24.5 Å². The number of aryl methyl sites for hydroxylation is 1. The molecule has 0 spiro atoms. The first-order valence-corrected chi connectivity index (χ1v) is 7.94. The van der Waals surface area contributed by atoms with E-state index in [1.165, 1.54) is 17.5 Å². The van der Waals surface area contributed by atoms with Gasteiger partial charge in [-0.05, 0) is 49.4 Å². The third-order valence-electron chi connectivity index (χ3n) is 4.84. The van der Waals surface area contributed by atoms with Gasteiger partial charge in [0.05, 0.1) is 19.8 Å². The molecule has 21 heavy (non-hydrogen) atoms.